The van der Waals surface area contributed by atoms with Gasteiger partial charge in [-0.3, -0.25) is 4.90 Å². The maximum atomic E-state index is 13.0. The number of alkyl halides is 3. The number of fused-ring (bicyclic) bond motifs is 1. The lowest BCUT2D eigenvalue weighted by molar-refractivity contribution is -0.146. The van der Waals surface area contributed by atoms with Crippen LogP contribution in [0.4, 0.5) is 19.0 Å². The van der Waals surface area contributed by atoms with Crippen LogP contribution in [-0.4, -0.2) is 76.9 Å². The maximum absolute atomic E-state index is 13.0. The Morgan fingerprint density at radius 1 is 1.08 bits per heavy atom. The largest absolute Gasteiger partial charge is 0.453 e. The third kappa shape index (κ3) is 3.22. The van der Waals surface area contributed by atoms with Gasteiger partial charge in [0.05, 0.1) is 11.5 Å². The molecule has 0 radical (unpaired) electrons. The number of sulfone groups is 1. The molecule has 2 aliphatic heterocycles. The minimum Gasteiger partial charge on any atom is -0.353 e. The predicted octanol–water partition coefficient (Wildman–Crippen LogP) is 0.452. The molecule has 4 rings (SSSR count). The van der Waals surface area contributed by atoms with Gasteiger partial charge in [-0.1, -0.05) is 0 Å². The van der Waals surface area contributed by atoms with E-state index >= 15 is 0 Å². The van der Waals surface area contributed by atoms with E-state index in [0.29, 0.717) is 42.9 Å². The zero-order chi connectivity index (χ0) is 18.5. The molecule has 1 atom stereocenters. The Morgan fingerprint density at radius 3 is 2.42 bits per heavy atom. The quantitative estimate of drug-likeness (QED) is 0.736. The lowest BCUT2D eigenvalue weighted by atomic mass is 10.2. The summed E-state index contributed by atoms with van der Waals surface area (Å²) in [5.74, 6) is -0.317. The fourth-order valence-corrected chi connectivity index (χ4v) is 5.27. The van der Waals surface area contributed by atoms with E-state index in [1.54, 1.807) is 6.07 Å². The summed E-state index contributed by atoms with van der Waals surface area (Å²) in [6.45, 7) is 2.43. The molecule has 0 spiro atoms. The van der Waals surface area contributed by atoms with E-state index in [0.717, 1.165) is 0 Å². The van der Waals surface area contributed by atoms with Crippen LogP contribution in [0, 0.1) is 0 Å². The van der Waals surface area contributed by atoms with Crippen molar-refractivity contribution in [2.75, 3.05) is 42.6 Å². The van der Waals surface area contributed by atoms with Gasteiger partial charge in [-0.05, 0) is 18.6 Å². The molecule has 4 heterocycles. The molecule has 12 heteroatoms. The number of aromatic nitrogens is 4. The Labute approximate surface area is 147 Å². The highest BCUT2D eigenvalue weighted by atomic mass is 32.2. The third-order valence-corrected chi connectivity index (χ3v) is 6.62. The Kier molecular flexibility index (Phi) is 4.06. The number of hydrogen-bond donors (Lipinski definition) is 0. The molecule has 0 aromatic carbocycles. The summed E-state index contributed by atoms with van der Waals surface area (Å²) in [7, 11) is -2.94. The first-order chi connectivity index (χ1) is 12.2. The van der Waals surface area contributed by atoms with E-state index < -0.39 is 21.8 Å². The van der Waals surface area contributed by atoms with Gasteiger partial charge in [0.25, 0.3) is 5.82 Å². The van der Waals surface area contributed by atoms with E-state index in [9.17, 15) is 21.6 Å². The van der Waals surface area contributed by atoms with Crippen LogP contribution in [0.1, 0.15) is 12.2 Å². The number of piperazine rings is 1. The van der Waals surface area contributed by atoms with Crippen LogP contribution >= 0.6 is 0 Å². The van der Waals surface area contributed by atoms with Gasteiger partial charge in [0.2, 0.25) is 0 Å². The van der Waals surface area contributed by atoms with Gasteiger partial charge in [0.15, 0.2) is 15.5 Å². The first-order valence-electron chi connectivity index (χ1n) is 8.22. The van der Waals surface area contributed by atoms with Crippen molar-refractivity contribution in [2.24, 2.45) is 0 Å². The summed E-state index contributed by atoms with van der Waals surface area (Å²) in [5.41, 5.74) is 0.0378. The third-order valence-electron chi connectivity index (χ3n) is 4.87. The number of hydrogen-bond acceptors (Lipinski definition) is 7. The van der Waals surface area contributed by atoms with Crippen LogP contribution in [0.5, 0.6) is 0 Å². The van der Waals surface area contributed by atoms with E-state index in [-0.39, 0.29) is 23.2 Å². The highest BCUT2D eigenvalue weighted by molar-refractivity contribution is 7.91. The van der Waals surface area contributed by atoms with Gasteiger partial charge in [-0.2, -0.15) is 17.7 Å². The Hall–Kier alpha value is -1.95. The number of anilines is 1. The summed E-state index contributed by atoms with van der Waals surface area (Å²) < 4.78 is 62.9. The highest BCUT2D eigenvalue weighted by Crippen LogP contribution is 2.28. The Bertz CT molecular complexity index is 920. The van der Waals surface area contributed by atoms with Crippen molar-refractivity contribution in [3.63, 3.8) is 0 Å². The van der Waals surface area contributed by atoms with Crippen molar-refractivity contribution >= 4 is 21.3 Å². The summed E-state index contributed by atoms with van der Waals surface area (Å²) in [4.78, 5) is 4.03. The van der Waals surface area contributed by atoms with Crippen LogP contribution in [0.2, 0.25) is 0 Å². The van der Waals surface area contributed by atoms with Crippen LogP contribution in [0.25, 0.3) is 5.65 Å². The van der Waals surface area contributed by atoms with Crippen LogP contribution in [-0.2, 0) is 16.0 Å². The Balaban J connectivity index is 1.49. The molecule has 142 valence electrons. The molecule has 2 aromatic heterocycles. The van der Waals surface area contributed by atoms with Crippen molar-refractivity contribution in [1.82, 2.24) is 24.7 Å². The van der Waals surface area contributed by atoms with Gasteiger partial charge in [-0.15, -0.1) is 15.3 Å². The standard InChI is InChI=1S/C14H17F3N6O2S/c15-14(16,17)13-19-18-11-1-2-12(20-23(11)13)22-6-4-21(5-7-22)10-3-8-26(24,25)9-10/h1-2,10H,3-9H2. The molecular weight excluding hydrogens is 373 g/mol. The summed E-state index contributed by atoms with van der Waals surface area (Å²) in [5, 5.41) is 10.7. The molecule has 2 saturated heterocycles. The smallest absolute Gasteiger partial charge is 0.353 e. The average molecular weight is 390 g/mol. The van der Waals surface area contributed by atoms with Gasteiger partial charge in [0.1, 0.15) is 5.82 Å². The molecule has 1 unspecified atom stereocenters. The minimum absolute atomic E-state index is 0.0345. The molecule has 26 heavy (non-hydrogen) atoms. The first kappa shape index (κ1) is 17.5. The predicted molar refractivity (Wildman–Crippen MR) is 86.6 cm³/mol. The van der Waals surface area contributed by atoms with Crippen molar-refractivity contribution in [3.8, 4) is 0 Å². The van der Waals surface area contributed by atoms with Crippen molar-refractivity contribution in [3.05, 3.63) is 18.0 Å². The summed E-state index contributed by atoms with van der Waals surface area (Å²) in [6, 6.07) is 3.12. The number of nitrogens with zero attached hydrogens (tertiary/aromatic N) is 6. The molecule has 2 aromatic rings. The highest BCUT2D eigenvalue weighted by Gasteiger charge is 2.38. The molecular formula is C14H17F3N6O2S. The van der Waals surface area contributed by atoms with E-state index in [2.05, 4.69) is 20.2 Å². The molecule has 2 aliphatic rings. The maximum Gasteiger partial charge on any atom is 0.453 e. The van der Waals surface area contributed by atoms with Gasteiger partial charge in [-0.25, -0.2) is 8.42 Å². The molecule has 0 aliphatic carbocycles. The molecule has 8 nitrogen and oxygen atoms in total. The monoisotopic (exact) mass is 390 g/mol. The molecule has 0 bridgehead atoms. The lowest BCUT2D eigenvalue weighted by Crippen LogP contribution is -2.51. The molecule has 0 N–H and O–H groups in total. The van der Waals surface area contributed by atoms with Crippen molar-refractivity contribution in [2.45, 2.75) is 18.6 Å². The fourth-order valence-electron chi connectivity index (χ4n) is 3.50. The molecule has 0 amide bonds. The van der Waals surface area contributed by atoms with E-state index in [1.807, 2.05) is 4.90 Å². The number of rotatable bonds is 2. The summed E-state index contributed by atoms with van der Waals surface area (Å²) in [6.07, 6.45) is -3.99. The molecule has 2 fully saturated rings. The SMILES string of the molecule is O=S1(=O)CCC(N2CCN(c3ccc4nnc(C(F)(F)F)n4n3)CC2)C1. The van der Waals surface area contributed by atoms with Crippen LogP contribution in [0.3, 0.4) is 0 Å². The van der Waals surface area contributed by atoms with Crippen molar-refractivity contribution < 1.29 is 21.6 Å². The Morgan fingerprint density at radius 2 is 1.81 bits per heavy atom. The fraction of sp³-hybridized carbons (Fsp3) is 0.643. The van der Waals surface area contributed by atoms with Gasteiger partial charge in [0, 0.05) is 32.2 Å². The van der Waals surface area contributed by atoms with Gasteiger partial charge < -0.3 is 4.90 Å². The topological polar surface area (TPSA) is 83.7 Å². The summed E-state index contributed by atoms with van der Waals surface area (Å²) >= 11 is 0. The zero-order valence-electron chi connectivity index (χ0n) is 13.7. The molecule has 0 saturated carbocycles. The lowest BCUT2D eigenvalue weighted by Gasteiger charge is -2.38. The second-order valence-corrected chi connectivity index (χ2v) is 8.79. The average Bonchev–Trinajstić information content (AvgIpc) is 3.17. The van der Waals surface area contributed by atoms with Gasteiger partial charge >= 0.3 is 6.18 Å². The van der Waals surface area contributed by atoms with E-state index in [4.69, 9.17) is 0 Å². The normalized spacial score (nSPS) is 24.4. The second kappa shape index (κ2) is 6.05. The minimum atomic E-state index is -4.63. The van der Waals surface area contributed by atoms with Crippen molar-refractivity contribution in [1.29, 1.82) is 0 Å². The first-order valence-corrected chi connectivity index (χ1v) is 10.0. The van der Waals surface area contributed by atoms with Crippen LogP contribution in [0.15, 0.2) is 12.1 Å². The number of halogens is 3. The zero-order valence-corrected chi connectivity index (χ0v) is 14.5. The van der Waals surface area contributed by atoms with Crippen LogP contribution < -0.4 is 4.90 Å². The second-order valence-electron chi connectivity index (χ2n) is 6.56. The van der Waals surface area contributed by atoms with E-state index in [1.165, 1.54) is 6.07 Å².